The van der Waals surface area contributed by atoms with Gasteiger partial charge in [0, 0.05) is 44.0 Å². The number of aromatic nitrogens is 2. The molecule has 0 fully saturated rings. The van der Waals surface area contributed by atoms with E-state index in [2.05, 4.69) is 5.10 Å². The van der Waals surface area contributed by atoms with Crippen LogP contribution in [0, 0.1) is 13.8 Å². The van der Waals surface area contributed by atoms with E-state index >= 15 is 0 Å². The fourth-order valence-electron chi connectivity index (χ4n) is 3.39. The Bertz CT molecular complexity index is 826. The van der Waals surface area contributed by atoms with Crippen molar-refractivity contribution in [1.29, 1.82) is 0 Å². The van der Waals surface area contributed by atoms with Gasteiger partial charge in [-0.2, -0.15) is 5.10 Å². The maximum atomic E-state index is 12.6. The van der Waals surface area contributed by atoms with Gasteiger partial charge in [0.1, 0.15) is 17.4 Å². The fourth-order valence-corrected chi connectivity index (χ4v) is 3.39. The van der Waals surface area contributed by atoms with Crippen LogP contribution in [0.15, 0.2) is 24.3 Å². The summed E-state index contributed by atoms with van der Waals surface area (Å²) in [5, 5.41) is 4.40. The molecule has 6 heteroatoms. The van der Waals surface area contributed by atoms with E-state index in [0.717, 1.165) is 35.6 Å². The summed E-state index contributed by atoms with van der Waals surface area (Å²) in [6.45, 7) is 5.42. The smallest absolute Gasteiger partial charge is 0.228 e. The first kappa shape index (κ1) is 18.2. The summed E-state index contributed by atoms with van der Waals surface area (Å²) in [6.07, 6.45) is 1.63. The van der Waals surface area contributed by atoms with Crippen LogP contribution in [0.3, 0.4) is 0 Å². The molecule has 1 amide bonds. The van der Waals surface area contributed by atoms with Crippen molar-refractivity contribution in [3.8, 4) is 5.75 Å². The summed E-state index contributed by atoms with van der Waals surface area (Å²) in [5.41, 5.74) is 2.86. The van der Waals surface area contributed by atoms with Gasteiger partial charge in [-0.25, -0.2) is 4.68 Å². The van der Waals surface area contributed by atoms with Crippen LogP contribution in [0.4, 0.5) is 5.82 Å². The number of aryl methyl sites for hydroxylation is 3. The molecule has 0 aliphatic carbocycles. The Hall–Kier alpha value is -2.63. The zero-order valence-corrected chi connectivity index (χ0v) is 15.6. The predicted octanol–water partition coefficient (Wildman–Crippen LogP) is 2.84. The summed E-state index contributed by atoms with van der Waals surface area (Å²) in [5.74, 6) is 1.58. The zero-order chi connectivity index (χ0) is 18.7. The Morgan fingerprint density at radius 1 is 1.15 bits per heavy atom. The van der Waals surface area contributed by atoms with Gasteiger partial charge >= 0.3 is 0 Å². The van der Waals surface area contributed by atoms with E-state index in [1.54, 1.807) is 12.0 Å². The van der Waals surface area contributed by atoms with Crippen molar-refractivity contribution in [2.24, 2.45) is 0 Å². The lowest BCUT2D eigenvalue weighted by Crippen LogP contribution is -2.37. The number of anilines is 1. The fraction of sp³-hybridized carbons (Fsp3) is 0.450. The number of Topliss-reactive ketones (excluding diaryl/α,β-unsaturated/α-hetero) is 1. The van der Waals surface area contributed by atoms with Gasteiger partial charge < -0.3 is 4.74 Å². The molecule has 1 aliphatic rings. The molecule has 0 atom stereocenters. The Morgan fingerprint density at radius 2 is 1.96 bits per heavy atom. The molecule has 1 aromatic heterocycles. The number of fused-ring (bicyclic) bond motifs is 1. The van der Waals surface area contributed by atoms with Crippen LogP contribution in [-0.4, -0.2) is 35.1 Å². The van der Waals surface area contributed by atoms with Crippen molar-refractivity contribution in [3.05, 3.63) is 41.1 Å². The van der Waals surface area contributed by atoms with Crippen molar-refractivity contribution in [3.63, 3.8) is 0 Å². The minimum absolute atomic E-state index is 0.0181. The van der Waals surface area contributed by atoms with Crippen LogP contribution in [0.25, 0.3) is 0 Å². The summed E-state index contributed by atoms with van der Waals surface area (Å²) < 4.78 is 7.20. The van der Waals surface area contributed by atoms with Crippen molar-refractivity contribution in [2.45, 2.75) is 46.1 Å². The van der Waals surface area contributed by atoms with Gasteiger partial charge in [0.15, 0.2) is 0 Å². The molecule has 1 aromatic carbocycles. The highest BCUT2D eigenvalue weighted by Crippen LogP contribution is 2.24. The quantitative estimate of drug-likeness (QED) is 0.799. The first-order valence-corrected chi connectivity index (χ1v) is 8.98. The van der Waals surface area contributed by atoms with E-state index in [1.165, 1.54) is 0 Å². The average Bonchev–Trinajstić information content (AvgIpc) is 3.00. The van der Waals surface area contributed by atoms with Gasteiger partial charge in [0.05, 0.1) is 12.8 Å². The molecular weight excluding hydrogens is 330 g/mol. The maximum absolute atomic E-state index is 12.6. The van der Waals surface area contributed by atoms with E-state index in [4.69, 9.17) is 4.74 Å². The van der Waals surface area contributed by atoms with Gasteiger partial charge in [-0.3, -0.25) is 14.5 Å². The lowest BCUT2D eigenvalue weighted by atomic mass is 10.0. The topological polar surface area (TPSA) is 64.4 Å². The van der Waals surface area contributed by atoms with Gasteiger partial charge in [-0.05, 0) is 26.3 Å². The van der Waals surface area contributed by atoms with Gasteiger partial charge in [0.2, 0.25) is 5.91 Å². The second kappa shape index (κ2) is 7.72. The molecule has 2 heterocycles. The molecule has 0 saturated heterocycles. The van der Waals surface area contributed by atoms with Gasteiger partial charge in [0.25, 0.3) is 0 Å². The summed E-state index contributed by atoms with van der Waals surface area (Å²) in [4.78, 5) is 26.8. The van der Waals surface area contributed by atoms with E-state index in [-0.39, 0.29) is 31.0 Å². The molecule has 6 nitrogen and oxygen atoms in total. The molecule has 26 heavy (non-hydrogen) atoms. The maximum Gasteiger partial charge on any atom is 0.228 e. The number of hydrogen-bond acceptors (Lipinski definition) is 4. The highest BCUT2D eigenvalue weighted by molar-refractivity contribution is 5.95. The zero-order valence-electron chi connectivity index (χ0n) is 15.6. The van der Waals surface area contributed by atoms with Crippen molar-refractivity contribution >= 4 is 17.5 Å². The van der Waals surface area contributed by atoms with Gasteiger partial charge in [-0.1, -0.05) is 17.7 Å². The van der Waals surface area contributed by atoms with Crippen molar-refractivity contribution in [2.75, 3.05) is 18.6 Å². The number of ether oxygens (including phenoxy) is 1. The van der Waals surface area contributed by atoms with Crippen molar-refractivity contribution in [1.82, 2.24) is 9.78 Å². The average molecular weight is 355 g/mol. The van der Waals surface area contributed by atoms with Crippen LogP contribution in [-0.2, 0) is 22.6 Å². The highest BCUT2D eigenvalue weighted by atomic mass is 16.5. The van der Waals surface area contributed by atoms with Crippen LogP contribution in [0.5, 0.6) is 5.75 Å². The van der Waals surface area contributed by atoms with E-state index < -0.39 is 0 Å². The standard InChI is InChI=1S/C20H25N3O3/c1-14-5-7-18(26-3)16(11-14)13-17(24)6-8-20(25)22-9-4-10-23-19(22)12-15(2)21-23/h5,7,11-12H,4,6,8-10,13H2,1-3H3. The second-order valence-electron chi connectivity index (χ2n) is 6.80. The first-order chi connectivity index (χ1) is 12.5. The number of nitrogens with zero attached hydrogens (tertiary/aromatic N) is 3. The molecule has 2 aromatic rings. The summed E-state index contributed by atoms with van der Waals surface area (Å²) in [7, 11) is 1.60. The number of carbonyl (C=O) groups is 2. The number of benzene rings is 1. The normalized spacial score (nSPS) is 13.4. The molecule has 0 N–H and O–H groups in total. The van der Waals surface area contributed by atoms with E-state index in [9.17, 15) is 9.59 Å². The van der Waals surface area contributed by atoms with Crippen LogP contribution in [0.2, 0.25) is 0 Å². The highest BCUT2D eigenvalue weighted by Gasteiger charge is 2.24. The van der Waals surface area contributed by atoms with Crippen molar-refractivity contribution < 1.29 is 14.3 Å². The third-order valence-corrected chi connectivity index (χ3v) is 4.65. The molecule has 0 bridgehead atoms. The number of ketones is 1. The minimum Gasteiger partial charge on any atom is -0.496 e. The Balaban J connectivity index is 1.60. The number of carbonyl (C=O) groups excluding carboxylic acids is 2. The number of rotatable bonds is 6. The SMILES string of the molecule is COc1ccc(C)cc1CC(=O)CCC(=O)N1CCCn2nc(C)cc21. The molecule has 1 aliphatic heterocycles. The largest absolute Gasteiger partial charge is 0.496 e. The molecular formula is C20H25N3O3. The van der Waals surface area contributed by atoms with Crippen LogP contribution < -0.4 is 9.64 Å². The molecule has 0 saturated carbocycles. The molecule has 0 spiro atoms. The van der Waals surface area contributed by atoms with E-state index in [1.807, 2.05) is 42.8 Å². The monoisotopic (exact) mass is 355 g/mol. The lowest BCUT2D eigenvalue weighted by molar-refractivity contribution is -0.123. The Labute approximate surface area is 153 Å². The first-order valence-electron chi connectivity index (χ1n) is 8.98. The summed E-state index contributed by atoms with van der Waals surface area (Å²) >= 11 is 0. The van der Waals surface area contributed by atoms with Crippen LogP contribution in [0.1, 0.15) is 36.1 Å². The Morgan fingerprint density at radius 3 is 2.73 bits per heavy atom. The Kier molecular flexibility index (Phi) is 5.40. The van der Waals surface area contributed by atoms with Gasteiger partial charge in [-0.15, -0.1) is 0 Å². The molecule has 0 unspecified atom stereocenters. The lowest BCUT2D eigenvalue weighted by Gasteiger charge is -2.27. The number of hydrogen-bond donors (Lipinski definition) is 0. The van der Waals surface area contributed by atoms with Crippen LogP contribution >= 0.6 is 0 Å². The third kappa shape index (κ3) is 3.95. The third-order valence-electron chi connectivity index (χ3n) is 4.65. The summed E-state index contributed by atoms with van der Waals surface area (Å²) in [6, 6.07) is 7.72. The minimum atomic E-state index is -0.0181. The second-order valence-corrected chi connectivity index (χ2v) is 6.80. The number of amides is 1. The number of methoxy groups -OCH3 is 1. The molecule has 3 rings (SSSR count). The van der Waals surface area contributed by atoms with E-state index in [0.29, 0.717) is 12.3 Å². The molecule has 138 valence electrons. The predicted molar refractivity (Wildman–Crippen MR) is 99.6 cm³/mol. The molecule has 0 radical (unpaired) electrons.